The van der Waals surface area contributed by atoms with Crippen LogP contribution in [0.25, 0.3) is 11.0 Å². The van der Waals surface area contributed by atoms with Gasteiger partial charge in [0.25, 0.3) is 0 Å². The fourth-order valence-corrected chi connectivity index (χ4v) is 2.60. The summed E-state index contributed by atoms with van der Waals surface area (Å²) in [5, 5.41) is 11.2. The Labute approximate surface area is 140 Å². The van der Waals surface area contributed by atoms with E-state index in [0.717, 1.165) is 17.7 Å². The van der Waals surface area contributed by atoms with Crippen LogP contribution in [0.4, 0.5) is 0 Å². The van der Waals surface area contributed by atoms with Gasteiger partial charge in [0.1, 0.15) is 11.3 Å². The summed E-state index contributed by atoms with van der Waals surface area (Å²) in [4.78, 5) is 0. The highest BCUT2D eigenvalue weighted by molar-refractivity contribution is 5.95. The standard InChI is InChI=1S/C20H18O4/c1-4-14-12-16-18(24-14)15(11-10-13-8-6-5-7-9-13)19(22-2)17(21)20(16)23-3/h5-9,12,21H,4H2,1-3H3. The second-order valence-electron chi connectivity index (χ2n) is 5.22. The molecule has 0 bridgehead atoms. The number of hydrogen-bond acceptors (Lipinski definition) is 4. The Bertz CT molecular complexity index is 927. The van der Waals surface area contributed by atoms with Gasteiger partial charge >= 0.3 is 0 Å². The first kappa shape index (κ1) is 15.8. The molecule has 0 saturated heterocycles. The van der Waals surface area contributed by atoms with E-state index in [9.17, 15) is 5.11 Å². The Kier molecular flexibility index (Phi) is 4.35. The lowest BCUT2D eigenvalue weighted by molar-refractivity contribution is 0.342. The lowest BCUT2D eigenvalue weighted by Crippen LogP contribution is -1.93. The summed E-state index contributed by atoms with van der Waals surface area (Å²) in [7, 11) is 2.99. The molecule has 24 heavy (non-hydrogen) atoms. The number of phenolic OH excluding ortho intramolecular Hbond substituents is 1. The molecule has 4 heteroatoms. The molecule has 0 unspecified atom stereocenters. The molecule has 1 aromatic heterocycles. The van der Waals surface area contributed by atoms with Crippen LogP contribution in [0.5, 0.6) is 17.2 Å². The molecule has 122 valence electrons. The lowest BCUT2D eigenvalue weighted by atomic mass is 10.1. The van der Waals surface area contributed by atoms with Crippen LogP contribution >= 0.6 is 0 Å². The van der Waals surface area contributed by atoms with Gasteiger partial charge in [-0.2, -0.15) is 0 Å². The highest BCUT2D eigenvalue weighted by Gasteiger charge is 2.23. The molecule has 2 aromatic carbocycles. The Morgan fingerprint density at radius 2 is 1.75 bits per heavy atom. The molecule has 0 atom stereocenters. The predicted octanol–water partition coefficient (Wildman–Crippen LogP) is 4.12. The van der Waals surface area contributed by atoms with Crippen LogP contribution < -0.4 is 9.47 Å². The summed E-state index contributed by atoms with van der Waals surface area (Å²) in [5.74, 6) is 7.44. The molecule has 0 amide bonds. The van der Waals surface area contributed by atoms with Crippen LogP contribution in [0, 0.1) is 11.8 Å². The van der Waals surface area contributed by atoms with Crippen molar-refractivity contribution in [2.45, 2.75) is 13.3 Å². The zero-order valence-corrected chi connectivity index (χ0v) is 13.8. The number of fused-ring (bicyclic) bond motifs is 1. The van der Waals surface area contributed by atoms with Gasteiger partial charge in [0, 0.05) is 12.0 Å². The molecule has 0 spiro atoms. The number of phenols is 1. The maximum atomic E-state index is 10.5. The molecule has 1 N–H and O–H groups in total. The van der Waals surface area contributed by atoms with Gasteiger partial charge in [-0.25, -0.2) is 0 Å². The third-order valence-electron chi connectivity index (χ3n) is 3.77. The normalized spacial score (nSPS) is 10.3. The molecule has 0 radical (unpaired) electrons. The van der Waals surface area contributed by atoms with Crippen LogP contribution in [-0.4, -0.2) is 19.3 Å². The maximum Gasteiger partial charge on any atom is 0.203 e. The SMILES string of the molecule is CCc1cc2c(OC)c(O)c(OC)c(C#Cc3ccccc3)c2o1. The first-order valence-electron chi connectivity index (χ1n) is 7.66. The fraction of sp³-hybridized carbons (Fsp3) is 0.200. The van der Waals surface area contributed by atoms with Crippen molar-refractivity contribution in [1.82, 2.24) is 0 Å². The van der Waals surface area contributed by atoms with Crippen LogP contribution in [0.2, 0.25) is 0 Å². The van der Waals surface area contributed by atoms with Gasteiger partial charge < -0.3 is 19.0 Å². The van der Waals surface area contributed by atoms with Crippen LogP contribution in [0.1, 0.15) is 23.8 Å². The molecule has 0 aliphatic heterocycles. The van der Waals surface area contributed by atoms with E-state index in [1.165, 1.54) is 14.2 Å². The van der Waals surface area contributed by atoms with Crippen molar-refractivity contribution in [1.29, 1.82) is 0 Å². The molecule has 3 rings (SSSR count). The molecular formula is C20H18O4. The molecular weight excluding hydrogens is 304 g/mol. The summed E-state index contributed by atoms with van der Waals surface area (Å²) >= 11 is 0. The van der Waals surface area contributed by atoms with E-state index in [1.54, 1.807) is 0 Å². The number of hydrogen-bond donors (Lipinski definition) is 1. The van der Waals surface area contributed by atoms with Gasteiger partial charge in [0.15, 0.2) is 17.1 Å². The highest BCUT2D eigenvalue weighted by Crippen LogP contribution is 2.46. The van der Waals surface area contributed by atoms with Gasteiger partial charge in [-0.1, -0.05) is 37.0 Å². The van der Waals surface area contributed by atoms with Crippen LogP contribution in [0.3, 0.4) is 0 Å². The largest absolute Gasteiger partial charge is 0.502 e. The Balaban J connectivity index is 2.29. The minimum Gasteiger partial charge on any atom is -0.502 e. The minimum absolute atomic E-state index is 0.0756. The number of methoxy groups -OCH3 is 2. The fourth-order valence-electron chi connectivity index (χ4n) is 2.60. The van der Waals surface area contributed by atoms with Crippen molar-refractivity contribution in [2.75, 3.05) is 14.2 Å². The van der Waals surface area contributed by atoms with Gasteiger partial charge in [0.2, 0.25) is 5.75 Å². The number of aryl methyl sites for hydroxylation is 1. The average molecular weight is 322 g/mol. The van der Waals surface area contributed by atoms with Crippen molar-refractivity contribution >= 4 is 11.0 Å². The topological polar surface area (TPSA) is 51.8 Å². The third kappa shape index (κ3) is 2.65. The van der Waals surface area contributed by atoms with Gasteiger partial charge in [-0.3, -0.25) is 0 Å². The second kappa shape index (κ2) is 6.59. The lowest BCUT2D eigenvalue weighted by Gasteiger charge is -2.11. The zero-order valence-electron chi connectivity index (χ0n) is 13.8. The number of aromatic hydroxyl groups is 1. The van der Waals surface area contributed by atoms with E-state index < -0.39 is 0 Å². The van der Waals surface area contributed by atoms with Crippen molar-refractivity contribution in [3.8, 4) is 29.1 Å². The van der Waals surface area contributed by atoms with Gasteiger partial charge in [-0.15, -0.1) is 0 Å². The maximum absolute atomic E-state index is 10.5. The van der Waals surface area contributed by atoms with Gasteiger partial charge in [0.05, 0.1) is 19.6 Å². The molecule has 0 saturated carbocycles. The van der Waals surface area contributed by atoms with Gasteiger partial charge in [-0.05, 0) is 18.2 Å². The minimum atomic E-state index is -0.0756. The number of ether oxygens (including phenoxy) is 2. The van der Waals surface area contributed by atoms with Crippen molar-refractivity contribution in [2.24, 2.45) is 0 Å². The summed E-state index contributed by atoms with van der Waals surface area (Å²) in [5.41, 5.74) is 1.93. The molecule has 4 nitrogen and oxygen atoms in total. The van der Waals surface area contributed by atoms with E-state index in [0.29, 0.717) is 22.3 Å². The molecule has 0 fully saturated rings. The van der Waals surface area contributed by atoms with Crippen LogP contribution in [0.15, 0.2) is 40.8 Å². The van der Waals surface area contributed by atoms with E-state index >= 15 is 0 Å². The van der Waals surface area contributed by atoms with Crippen LogP contribution in [-0.2, 0) is 6.42 Å². The summed E-state index contributed by atoms with van der Waals surface area (Å²) < 4.78 is 16.6. The average Bonchev–Trinajstić information content (AvgIpc) is 3.04. The van der Waals surface area contributed by atoms with Crippen molar-refractivity contribution in [3.63, 3.8) is 0 Å². The third-order valence-corrected chi connectivity index (χ3v) is 3.77. The van der Waals surface area contributed by atoms with E-state index in [-0.39, 0.29) is 11.5 Å². The number of benzene rings is 2. The Hall–Kier alpha value is -3.06. The summed E-state index contributed by atoms with van der Waals surface area (Å²) in [6.45, 7) is 2.00. The monoisotopic (exact) mass is 322 g/mol. The second-order valence-corrected chi connectivity index (χ2v) is 5.22. The van der Waals surface area contributed by atoms with E-state index in [1.807, 2.05) is 43.3 Å². The predicted molar refractivity (Wildman–Crippen MR) is 92.8 cm³/mol. The summed E-state index contributed by atoms with van der Waals surface area (Å²) in [6, 6.07) is 11.5. The molecule has 0 aliphatic carbocycles. The molecule has 0 aliphatic rings. The number of rotatable bonds is 3. The molecule has 1 heterocycles. The Morgan fingerprint density at radius 3 is 2.38 bits per heavy atom. The highest BCUT2D eigenvalue weighted by atomic mass is 16.5. The van der Waals surface area contributed by atoms with Crippen molar-refractivity contribution < 1.29 is 19.0 Å². The van der Waals surface area contributed by atoms with Crippen molar-refractivity contribution in [3.05, 3.63) is 53.3 Å². The number of furan rings is 1. The Morgan fingerprint density at radius 1 is 1.04 bits per heavy atom. The quantitative estimate of drug-likeness (QED) is 0.737. The summed E-state index contributed by atoms with van der Waals surface area (Å²) in [6.07, 6.45) is 0.729. The first-order valence-corrected chi connectivity index (χ1v) is 7.66. The zero-order chi connectivity index (χ0) is 17.1. The molecule has 3 aromatic rings. The van der Waals surface area contributed by atoms with E-state index in [2.05, 4.69) is 11.8 Å². The van der Waals surface area contributed by atoms with E-state index in [4.69, 9.17) is 13.9 Å². The smallest absolute Gasteiger partial charge is 0.203 e. The first-order chi connectivity index (χ1) is 11.7.